The lowest BCUT2D eigenvalue weighted by Gasteiger charge is -2.39. The normalized spacial score (nSPS) is 21.5. The van der Waals surface area contributed by atoms with Gasteiger partial charge in [0.2, 0.25) is 0 Å². The van der Waals surface area contributed by atoms with Crippen LogP contribution in [0.4, 0.5) is 20.4 Å². The molecule has 2 saturated heterocycles. The summed E-state index contributed by atoms with van der Waals surface area (Å²) in [6, 6.07) is 56.4. The van der Waals surface area contributed by atoms with Gasteiger partial charge in [0.15, 0.2) is 31.1 Å². The number of hydrogen-bond acceptors (Lipinski definition) is 14. The highest BCUT2D eigenvalue weighted by Gasteiger charge is 2.53. The number of ether oxygens (including phenoxy) is 5. The SMILES string of the molecule is CC(O)[C@H]1O[C@@H](n2ccc(N)nc2=O)[C@@H](F)[C@@H]1O.COc1ccc(C(Nc2ccn([C@@H]3O[C@H](C=O)[C@@H](OC(c4ccccc4)(c4ccccc4)c4ccc(OC)cc4)[C@@H]3F)c(=O)n2)(c2ccccc2)c2ccccc2)cc1. The number of methoxy groups -OCH3 is 2. The Hall–Kier alpha value is -8.39. The van der Waals surface area contributed by atoms with E-state index in [2.05, 4.69) is 15.3 Å². The number of anilines is 2. The minimum absolute atomic E-state index is 0.0114. The number of hydrogen-bond donors (Lipinski definition) is 4. The van der Waals surface area contributed by atoms with Crippen LogP contribution in [0.2, 0.25) is 0 Å². The van der Waals surface area contributed by atoms with Gasteiger partial charge in [-0.3, -0.25) is 9.13 Å². The average Bonchev–Trinajstić information content (AvgIpc) is 3.97. The number of carbonyl (C=O) groups excluding carboxylic acids is 1. The lowest BCUT2D eigenvalue weighted by atomic mass is 9.77. The highest BCUT2D eigenvalue weighted by Crippen LogP contribution is 2.46. The van der Waals surface area contributed by atoms with E-state index in [9.17, 15) is 29.0 Å². The van der Waals surface area contributed by atoms with Gasteiger partial charge in [-0.15, -0.1) is 0 Å². The predicted octanol–water partition coefficient (Wildman–Crippen LogP) is 7.28. The lowest BCUT2D eigenvalue weighted by molar-refractivity contribution is -0.131. The first-order chi connectivity index (χ1) is 37.3. The Kier molecular flexibility index (Phi) is 16.1. The number of nitrogen functional groups attached to an aromatic ring is 1. The lowest BCUT2D eigenvalue weighted by Crippen LogP contribution is -2.44. The maximum Gasteiger partial charge on any atom is 0.351 e. The van der Waals surface area contributed by atoms with Crippen molar-refractivity contribution < 1.29 is 47.5 Å². The van der Waals surface area contributed by atoms with Crippen molar-refractivity contribution in [2.75, 3.05) is 25.3 Å². The Balaban J connectivity index is 0.000000339. The Morgan fingerprint density at radius 3 is 1.49 bits per heavy atom. The monoisotopic (exact) mass is 1050 g/mol. The molecule has 0 radical (unpaired) electrons. The molecule has 9 atom stereocenters. The Labute approximate surface area is 441 Å². The topological polar surface area (TPSA) is 212 Å². The molecule has 2 fully saturated rings. The fourth-order valence-corrected chi connectivity index (χ4v) is 9.90. The highest BCUT2D eigenvalue weighted by molar-refractivity contribution is 5.60. The van der Waals surface area contributed by atoms with Crippen LogP contribution in [-0.4, -0.2) is 92.7 Å². The van der Waals surface area contributed by atoms with Crippen LogP contribution < -0.4 is 31.9 Å². The van der Waals surface area contributed by atoms with Crippen LogP contribution in [0, 0.1) is 0 Å². The molecular formula is C59H56F2N6O10. The predicted molar refractivity (Wildman–Crippen MR) is 283 cm³/mol. The van der Waals surface area contributed by atoms with Gasteiger partial charge in [-0.05, 0) is 76.7 Å². The van der Waals surface area contributed by atoms with Gasteiger partial charge in [0.05, 0.1) is 20.3 Å². The smallest absolute Gasteiger partial charge is 0.351 e. The van der Waals surface area contributed by atoms with Crippen LogP contribution in [0.3, 0.4) is 0 Å². The molecule has 0 saturated carbocycles. The van der Waals surface area contributed by atoms with E-state index in [0.717, 1.165) is 25.8 Å². The summed E-state index contributed by atoms with van der Waals surface area (Å²) in [5.74, 6) is 1.55. The van der Waals surface area contributed by atoms with Crippen LogP contribution in [0.25, 0.3) is 0 Å². The molecule has 18 heteroatoms. The van der Waals surface area contributed by atoms with Crippen molar-refractivity contribution in [3.05, 3.63) is 249 Å². The summed E-state index contributed by atoms with van der Waals surface area (Å²) in [6.45, 7) is 1.37. The molecule has 2 aromatic heterocycles. The van der Waals surface area contributed by atoms with Gasteiger partial charge in [0.1, 0.15) is 58.7 Å². The van der Waals surface area contributed by atoms with Crippen molar-refractivity contribution in [3.63, 3.8) is 0 Å². The molecule has 0 spiro atoms. The highest BCUT2D eigenvalue weighted by atomic mass is 19.1. The summed E-state index contributed by atoms with van der Waals surface area (Å²) in [7, 11) is 3.19. The van der Waals surface area contributed by atoms with Crippen LogP contribution in [0.5, 0.6) is 11.5 Å². The van der Waals surface area contributed by atoms with Gasteiger partial charge in [-0.2, -0.15) is 9.97 Å². The van der Waals surface area contributed by atoms with Crippen molar-refractivity contribution in [2.45, 2.75) is 73.4 Å². The Bertz CT molecular complexity index is 3260. The summed E-state index contributed by atoms with van der Waals surface area (Å²) in [4.78, 5) is 46.2. The molecule has 0 aliphatic carbocycles. The van der Waals surface area contributed by atoms with Gasteiger partial charge in [0, 0.05) is 12.4 Å². The van der Waals surface area contributed by atoms with Gasteiger partial charge in [-0.25, -0.2) is 18.4 Å². The van der Waals surface area contributed by atoms with Crippen molar-refractivity contribution >= 4 is 17.9 Å². The molecule has 0 amide bonds. The molecule has 16 nitrogen and oxygen atoms in total. The number of aliphatic hydroxyl groups excluding tert-OH is 2. The van der Waals surface area contributed by atoms with Gasteiger partial charge < -0.3 is 49.7 Å². The molecule has 77 heavy (non-hydrogen) atoms. The third kappa shape index (κ3) is 10.6. The Morgan fingerprint density at radius 2 is 1.05 bits per heavy atom. The van der Waals surface area contributed by atoms with Gasteiger partial charge in [-0.1, -0.05) is 146 Å². The Morgan fingerprint density at radius 1 is 0.623 bits per heavy atom. The maximum atomic E-state index is 17.2. The molecule has 10 rings (SSSR count). The molecule has 6 aromatic carbocycles. The third-order valence-electron chi connectivity index (χ3n) is 13.7. The third-order valence-corrected chi connectivity index (χ3v) is 13.7. The van der Waals surface area contributed by atoms with E-state index in [0.29, 0.717) is 34.5 Å². The molecule has 8 aromatic rings. The second kappa shape index (κ2) is 23.2. The zero-order valence-corrected chi connectivity index (χ0v) is 42.0. The maximum absolute atomic E-state index is 17.2. The molecule has 0 bridgehead atoms. The number of rotatable bonds is 16. The van der Waals surface area contributed by atoms with E-state index in [1.165, 1.54) is 25.4 Å². The van der Waals surface area contributed by atoms with E-state index < -0.39 is 77.8 Å². The number of carbonyl (C=O) groups is 1. The standard InChI is InChI=1S/C49H42FN3O6.C10H14FN3O4/c1-56-40-27-23-36(24-28-40)48(34-15-7-3-8-16-34,35-17-9-4-10-18-35)52-43-31-32-53(47(55)51-43)46-44(50)45(42(33-54)58-46)59-49(37-19-11-5-12-20-37,38-21-13-6-14-22-38)39-25-29-41(57-2)30-26-39;1-4(15)8-7(16)6(11)9(18-8)14-3-2-5(12)13-10(14)17/h3-33,42,44-46H,1-2H3,(H,51,52,55);2-4,6-9,15-16H,1H3,(H2,12,13,17)/t42-,44+,45-,46-;4?,6-,7-,8+,9+/m10/s1. The van der Waals surface area contributed by atoms with Crippen LogP contribution in [0.1, 0.15) is 52.8 Å². The molecule has 2 aliphatic rings. The van der Waals surface area contributed by atoms with E-state index in [1.807, 2.05) is 158 Å². The van der Waals surface area contributed by atoms with Crippen molar-refractivity contribution in [3.8, 4) is 11.5 Å². The number of nitrogens with one attached hydrogen (secondary N) is 1. The molecule has 1 unspecified atom stereocenters. The van der Waals surface area contributed by atoms with E-state index in [-0.39, 0.29) is 11.6 Å². The van der Waals surface area contributed by atoms with E-state index in [1.54, 1.807) is 32.4 Å². The largest absolute Gasteiger partial charge is 0.497 e. The molecule has 2 aliphatic heterocycles. The summed E-state index contributed by atoms with van der Waals surface area (Å²) in [5.41, 5.74) is 6.02. The van der Waals surface area contributed by atoms with Gasteiger partial charge in [0.25, 0.3) is 0 Å². The zero-order chi connectivity index (χ0) is 54.3. The van der Waals surface area contributed by atoms with Crippen LogP contribution in [0.15, 0.2) is 204 Å². The van der Waals surface area contributed by atoms with Crippen LogP contribution >= 0.6 is 0 Å². The number of nitrogens with zero attached hydrogens (tertiary/aromatic N) is 4. The zero-order valence-electron chi connectivity index (χ0n) is 42.0. The van der Waals surface area contributed by atoms with Crippen LogP contribution in [-0.2, 0) is 30.1 Å². The molecule has 5 N–H and O–H groups in total. The first-order valence-corrected chi connectivity index (χ1v) is 24.6. The van der Waals surface area contributed by atoms with Crippen molar-refractivity contribution in [1.82, 2.24) is 19.1 Å². The quantitative estimate of drug-likeness (QED) is 0.0554. The van der Waals surface area contributed by atoms with Crippen molar-refractivity contribution in [2.24, 2.45) is 0 Å². The van der Waals surface area contributed by atoms with Crippen molar-refractivity contribution in [1.29, 1.82) is 0 Å². The number of halogens is 2. The summed E-state index contributed by atoms with van der Waals surface area (Å²) in [5, 5.41) is 22.5. The number of nitrogens with two attached hydrogens (primary N) is 1. The number of alkyl halides is 2. The second-order valence-electron chi connectivity index (χ2n) is 18.3. The van der Waals surface area contributed by atoms with E-state index in [4.69, 9.17) is 29.4 Å². The molecule has 396 valence electrons. The average molecular weight is 1050 g/mol. The minimum atomic E-state index is -1.97. The molecular weight excluding hydrogens is 991 g/mol. The second-order valence-corrected chi connectivity index (χ2v) is 18.3. The number of benzene rings is 6. The van der Waals surface area contributed by atoms with Gasteiger partial charge >= 0.3 is 11.4 Å². The number of aliphatic hydroxyl groups is 2. The number of aromatic nitrogens is 4. The number of aldehydes is 1. The first-order valence-electron chi connectivity index (χ1n) is 24.6. The molecule has 4 heterocycles. The summed E-state index contributed by atoms with van der Waals surface area (Å²) >= 11 is 0. The summed E-state index contributed by atoms with van der Waals surface area (Å²) in [6.07, 6.45) is -9.92. The minimum Gasteiger partial charge on any atom is -0.497 e. The van der Waals surface area contributed by atoms with E-state index >= 15 is 4.39 Å². The first kappa shape index (κ1) is 53.4. The summed E-state index contributed by atoms with van der Waals surface area (Å²) < 4.78 is 62.1. The fourth-order valence-electron chi connectivity index (χ4n) is 9.90. The fraction of sp³-hybridized carbons (Fsp3) is 0.237.